The molecule has 0 saturated carbocycles. The average Bonchev–Trinajstić information content (AvgIpc) is 2.87. The Labute approximate surface area is 222 Å². The molecule has 11 nitrogen and oxygen atoms in total. The van der Waals surface area contributed by atoms with Crippen LogP contribution in [0.25, 0.3) is 0 Å². The molecule has 0 aliphatic carbocycles. The first kappa shape index (κ1) is 27.8. The number of nitrogens with zero attached hydrogens (tertiary/aromatic N) is 1. The normalized spacial score (nSPS) is 16.1. The van der Waals surface area contributed by atoms with Gasteiger partial charge in [0, 0.05) is 5.70 Å². The summed E-state index contributed by atoms with van der Waals surface area (Å²) < 4.78 is 22.3. The fraction of sp³-hybridized carbons (Fsp3) is 0.320. The number of rotatable bonds is 11. The van der Waals surface area contributed by atoms with E-state index >= 15 is 0 Å². The summed E-state index contributed by atoms with van der Waals surface area (Å²) in [5, 5.41) is 19.6. The minimum absolute atomic E-state index is 0.125. The molecule has 0 unspecified atom stereocenters. The van der Waals surface area contributed by atoms with Crippen molar-refractivity contribution in [3.63, 3.8) is 0 Å². The van der Waals surface area contributed by atoms with Gasteiger partial charge in [0.15, 0.2) is 17.7 Å². The van der Waals surface area contributed by atoms with Gasteiger partial charge in [0.2, 0.25) is 0 Å². The highest BCUT2D eigenvalue weighted by molar-refractivity contribution is 9.10. The summed E-state index contributed by atoms with van der Waals surface area (Å²) in [7, 11) is 2.86. The maximum atomic E-state index is 12.4. The number of hydrogen-bond acceptors (Lipinski definition) is 9. The molecule has 2 aromatic carbocycles. The minimum Gasteiger partial charge on any atom is -0.496 e. The number of carbonyl (C=O) groups excluding carboxylic acids is 2. The van der Waals surface area contributed by atoms with E-state index in [9.17, 15) is 14.7 Å². The number of esters is 1. The summed E-state index contributed by atoms with van der Waals surface area (Å²) in [6.45, 7) is 3.66. The van der Waals surface area contributed by atoms with Gasteiger partial charge in [0.1, 0.15) is 12.4 Å². The highest BCUT2D eigenvalue weighted by atomic mass is 79.9. The predicted molar refractivity (Wildman–Crippen MR) is 140 cm³/mol. The van der Waals surface area contributed by atoms with E-state index in [0.29, 0.717) is 35.1 Å². The maximum absolute atomic E-state index is 12.4. The number of hydrogen-bond donors (Lipinski definition) is 4. The van der Waals surface area contributed by atoms with E-state index in [1.54, 1.807) is 44.5 Å². The molecule has 4 N–H and O–H groups in total. The third-order valence-electron chi connectivity index (χ3n) is 5.29. The number of benzene rings is 2. The summed E-state index contributed by atoms with van der Waals surface area (Å²) in [5.41, 5.74) is 4.67. The van der Waals surface area contributed by atoms with Gasteiger partial charge in [-0.05, 0) is 71.2 Å². The number of nitrogens with one attached hydrogen (secondary N) is 3. The van der Waals surface area contributed by atoms with Crippen molar-refractivity contribution in [1.82, 2.24) is 16.1 Å². The third kappa shape index (κ3) is 7.14. The van der Waals surface area contributed by atoms with Crippen LogP contribution in [0.15, 0.2) is 57.2 Å². The molecule has 0 fully saturated rings. The van der Waals surface area contributed by atoms with Crippen molar-refractivity contribution >= 4 is 34.1 Å². The molecular weight excluding hydrogens is 548 g/mol. The van der Waals surface area contributed by atoms with Gasteiger partial charge in [-0.1, -0.05) is 6.07 Å². The zero-order chi connectivity index (χ0) is 26.9. The van der Waals surface area contributed by atoms with Crippen LogP contribution in [0.1, 0.15) is 31.0 Å². The van der Waals surface area contributed by atoms with Gasteiger partial charge < -0.3 is 34.7 Å². The Balaban J connectivity index is 1.69. The molecule has 0 saturated heterocycles. The van der Waals surface area contributed by atoms with E-state index in [-0.39, 0.29) is 12.2 Å². The molecule has 37 heavy (non-hydrogen) atoms. The Morgan fingerprint density at radius 2 is 1.95 bits per heavy atom. The van der Waals surface area contributed by atoms with Crippen molar-refractivity contribution in [1.29, 1.82) is 0 Å². The molecule has 12 heteroatoms. The molecule has 2 aromatic rings. The summed E-state index contributed by atoms with van der Waals surface area (Å²) in [6, 6.07) is 9.28. The molecule has 2 amide bonds. The Morgan fingerprint density at radius 3 is 2.62 bits per heavy atom. The Hall–Kier alpha value is -3.77. The van der Waals surface area contributed by atoms with Gasteiger partial charge in [-0.2, -0.15) is 5.10 Å². The largest absolute Gasteiger partial charge is 0.496 e. The number of carbonyl (C=O) groups is 2. The van der Waals surface area contributed by atoms with E-state index in [1.807, 2.05) is 19.1 Å². The molecule has 1 heterocycles. The van der Waals surface area contributed by atoms with Crippen LogP contribution in [0.5, 0.6) is 17.2 Å². The summed E-state index contributed by atoms with van der Waals surface area (Å²) in [5.74, 6) is 0.887. The van der Waals surface area contributed by atoms with Crippen LogP contribution >= 0.6 is 15.9 Å². The van der Waals surface area contributed by atoms with Crippen LogP contribution in [0.3, 0.4) is 0 Å². The van der Waals surface area contributed by atoms with Crippen LogP contribution in [0, 0.1) is 0 Å². The molecule has 0 aromatic heterocycles. The van der Waals surface area contributed by atoms with Crippen molar-refractivity contribution in [3.05, 3.63) is 63.3 Å². The molecular formula is C25H29BrN4O7. The SMILES string of the molecule is CCOc1cc([C@H]2NC(=O)NC(C)=C2C(=O)OC)ccc1OC[C@@H](O)N/N=C\c1ccc(OC)c(Br)c1. The lowest BCUT2D eigenvalue weighted by atomic mass is 9.95. The lowest BCUT2D eigenvalue weighted by Crippen LogP contribution is -2.45. The lowest BCUT2D eigenvalue weighted by Gasteiger charge is -2.28. The summed E-state index contributed by atoms with van der Waals surface area (Å²) >= 11 is 3.41. The number of halogens is 1. The summed E-state index contributed by atoms with van der Waals surface area (Å²) in [6.07, 6.45) is 0.447. The smallest absolute Gasteiger partial charge is 0.337 e. The van der Waals surface area contributed by atoms with Gasteiger partial charge in [-0.25, -0.2) is 9.59 Å². The number of urea groups is 1. The molecule has 3 rings (SSSR count). The van der Waals surface area contributed by atoms with Gasteiger partial charge in [0.05, 0.1) is 43.1 Å². The quantitative estimate of drug-likeness (QED) is 0.138. The first-order valence-corrected chi connectivity index (χ1v) is 12.1. The second kappa shape index (κ2) is 13.0. The molecule has 0 spiro atoms. The van der Waals surface area contributed by atoms with Crippen LogP contribution in [-0.2, 0) is 9.53 Å². The van der Waals surface area contributed by atoms with Crippen LogP contribution < -0.4 is 30.3 Å². The topological polar surface area (TPSA) is 140 Å². The fourth-order valence-corrected chi connectivity index (χ4v) is 4.14. The van der Waals surface area contributed by atoms with Crippen LogP contribution in [0.2, 0.25) is 0 Å². The van der Waals surface area contributed by atoms with Gasteiger partial charge in [-0.15, -0.1) is 0 Å². The Bertz CT molecular complexity index is 1200. The van der Waals surface area contributed by atoms with E-state index in [2.05, 4.69) is 37.1 Å². The summed E-state index contributed by atoms with van der Waals surface area (Å²) in [4.78, 5) is 24.4. The van der Waals surface area contributed by atoms with Crippen molar-refractivity contribution in [2.24, 2.45) is 5.10 Å². The number of methoxy groups -OCH3 is 2. The number of hydrazone groups is 1. The minimum atomic E-state index is -1.10. The van der Waals surface area contributed by atoms with Gasteiger partial charge in [-0.3, -0.25) is 5.43 Å². The second-order valence-electron chi connectivity index (χ2n) is 7.81. The molecule has 0 bridgehead atoms. The van der Waals surface area contributed by atoms with E-state index in [0.717, 1.165) is 10.0 Å². The van der Waals surface area contributed by atoms with Crippen molar-refractivity contribution < 1.29 is 33.6 Å². The molecule has 1 aliphatic heterocycles. The number of amides is 2. The monoisotopic (exact) mass is 576 g/mol. The van der Waals surface area contributed by atoms with E-state index in [4.69, 9.17) is 18.9 Å². The molecule has 1 aliphatic rings. The number of aliphatic hydroxyl groups is 1. The molecule has 198 valence electrons. The molecule has 2 atom stereocenters. The lowest BCUT2D eigenvalue weighted by molar-refractivity contribution is -0.136. The van der Waals surface area contributed by atoms with Crippen LogP contribution in [-0.4, -0.2) is 57.0 Å². The van der Waals surface area contributed by atoms with Crippen molar-refractivity contribution in [3.8, 4) is 17.2 Å². The number of allylic oxidation sites excluding steroid dienone is 1. The van der Waals surface area contributed by atoms with E-state index in [1.165, 1.54) is 7.11 Å². The average molecular weight is 577 g/mol. The van der Waals surface area contributed by atoms with Crippen molar-refractivity contribution in [2.75, 3.05) is 27.4 Å². The number of aliphatic hydroxyl groups excluding tert-OH is 1. The third-order valence-corrected chi connectivity index (χ3v) is 5.90. The predicted octanol–water partition coefficient (Wildman–Crippen LogP) is 2.98. The standard InChI is InChI=1S/C25H29BrN4O7/c1-5-36-20-11-16(23-22(24(32)35-4)14(2)28-25(33)29-23)7-9-19(20)37-13-21(31)30-27-12-15-6-8-18(34-3)17(26)10-15/h6-12,21,23,30-31H,5,13H2,1-4H3,(H2,28,29,33)/b27-12-/t21-,23-/m1/s1. The zero-order valence-corrected chi connectivity index (χ0v) is 22.4. The highest BCUT2D eigenvalue weighted by Crippen LogP contribution is 2.35. The van der Waals surface area contributed by atoms with Crippen LogP contribution in [0.4, 0.5) is 4.79 Å². The first-order valence-electron chi connectivity index (χ1n) is 11.3. The van der Waals surface area contributed by atoms with Gasteiger partial charge in [0.25, 0.3) is 0 Å². The van der Waals surface area contributed by atoms with Gasteiger partial charge >= 0.3 is 12.0 Å². The Morgan fingerprint density at radius 1 is 1.19 bits per heavy atom. The fourth-order valence-electron chi connectivity index (χ4n) is 3.58. The van der Waals surface area contributed by atoms with E-state index < -0.39 is 24.3 Å². The highest BCUT2D eigenvalue weighted by Gasteiger charge is 2.32. The zero-order valence-electron chi connectivity index (χ0n) is 20.8. The molecule has 0 radical (unpaired) electrons. The first-order chi connectivity index (χ1) is 17.8. The Kier molecular flexibility index (Phi) is 9.75. The maximum Gasteiger partial charge on any atom is 0.337 e. The second-order valence-corrected chi connectivity index (χ2v) is 8.66. The van der Waals surface area contributed by atoms with Crippen molar-refractivity contribution in [2.45, 2.75) is 26.1 Å². The number of ether oxygens (including phenoxy) is 4.